The van der Waals surface area contributed by atoms with Crippen LogP contribution in [0.3, 0.4) is 0 Å². The Labute approximate surface area is 221 Å². The molecule has 188 valence electrons. The number of alkyl halides is 6. The number of phosphoric acid groups is 2. The van der Waals surface area contributed by atoms with Crippen molar-refractivity contribution in [3.05, 3.63) is 0 Å². The van der Waals surface area contributed by atoms with Crippen LogP contribution in [0.5, 0.6) is 0 Å². The van der Waals surface area contributed by atoms with Crippen molar-refractivity contribution in [2.45, 2.75) is 12.8 Å². The van der Waals surface area contributed by atoms with Crippen molar-refractivity contribution < 1.29 is 36.3 Å². The molecule has 0 aromatic rings. The van der Waals surface area contributed by atoms with Crippen LogP contribution in [-0.4, -0.2) is 73.8 Å². The number of hydrogen-bond donors (Lipinski definition) is 0. The SMILES string of the molecule is O=P(OCCCl)(OCCCl)OCC(CCBr)(CCBr)COP(=O)(OCCCl)OCCCl. The van der Waals surface area contributed by atoms with Gasteiger partial charge < -0.3 is 0 Å². The van der Waals surface area contributed by atoms with Crippen LogP contribution in [0.15, 0.2) is 0 Å². The predicted octanol–water partition coefficient (Wildman–Crippen LogP) is 6.81. The van der Waals surface area contributed by atoms with Gasteiger partial charge in [0.25, 0.3) is 0 Å². The van der Waals surface area contributed by atoms with Crippen LogP contribution in [-0.2, 0) is 36.3 Å². The van der Waals surface area contributed by atoms with E-state index in [1.54, 1.807) is 0 Å². The molecule has 0 spiro atoms. The van der Waals surface area contributed by atoms with Gasteiger partial charge in [0, 0.05) is 39.6 Å². The fraction of sp³-hybridized carbons (Fsp3) is 1.00. The van der Waals surface area contributed by atoms with Gasteiger partial charge in [-0.05, 0) is 12.8 Å². The molecule has 0 saturated carbocycles. The molecule has 0 rings (SSSR count). The Hall–Kier alpha value is 2.34. The molecule has 0 N–H and O–H groups in total. The molecule has 0 aliphatic carbocycles. The van der Waals surface area contributed by atoms with E-state index < -0.39 is 21.1 Å². The Balaban J connectivity index is 5.45. The Morgan fingerprint density at radius 2 is 0.871 bits per heavy atom. The van der Waals surface area contributed by atoms with Gasteiger partial charge in [0.2, 0.25) is 0 Å². The van der Waals surface area contributed by atoms with E-state index in [0.717, 1.165) is 0 Å². The third-order valence-corrected chi connectivity index (χ3v) is 7.91. The first-order chi connectivity index (χ1) is 14.8. The standard InChI is InChI=1S/C15H28Br2Cl4O8P2/c16-3-1-15(2-4-17,13-28-30(22,24-9-5-18)25-10-6-19)14-29-31(23,26-11-7-20)27-12-8-21/h1-14H2. The molecule has 0 fully saturated rings. The lowest BCUT2D eigenvalue weighted by Crippen LogP contribution is -2.33. The summed E-state index contributed by atoms with van der Waals surface area (Å²) < 4.78 is 57.8. The maximum Gasteiger partial charge on any atom is 0.474 e. The molecular weight excluding hydrogens is 672 g/mol. The Bertz CT molecular complexity index is 483. The van der Waals surface area contributed by atoms with E-state index in [1.807, 2.05) is 0 Å². The average molecular weight is 700 g/mol. The van der Waals surface area contributed by atoms with Crippen molar-refractivity contribution in [3.8, 4) is 0 Å². The highest BCUT2D eigenvalue weighted by atomic mass is 79.9. The average Bonchev–Trinajstić information content (AvgIpc) is 2.77. The second-order valence-electron chi connectivity index (χ2n) is 5.91. The van der Waals surface area contributed by atoms with Crippen LogP contribution in [0.4, 0.5) is 0 Å². The van der Waals surface area contributed by atoms with Crippen molar-refractivity contribution in [3.63, 3.8) is 0 Å². The number of phosphoric ester groups is 2. The van der Waals surface area contributed by atoms with E-state index in [9.17, 15) is 9.13 Å². The van der Waals surface area contributed by atoms with E-state index >= 15 is 0 Å². The zero-order valence-corrected chi connectivity index (χ0v) is 24.8. The summed E-state index contributed by atoms with van der Waals surface area (Å²) in [6.45, 7) is -0.302. The molecule has 0 unspecified atom stereocenters. The quantitative estimate of drug-likeness (QED) is 0.0900. The van der Waals surface area contributed by atoms with Crippen molar-refractivity contribution in [2.75, 3.05) is 73.8 Å². The van der Waals surface area contributed by atoms with Crippen LogP contribution < -0.4 is 0 Å². The number of hydrogen-bond acceptors (Lipinski definition) is 8. The van der Waals surface area contributed by atoms with Gasteiger partial charge in [0.05, 0.1) is 39.6 Å². The van der Waals surface area contributed by atoms with E-state index in [-0.39, 0.29) is 63.2 Å². The highest BCUT2D eigenvalue weighted by Gasteiger charge is 2.39. The molecule has 8 nitrogen and oxygen atoms in total. The summed E-state index contributed by atoms with van der Waals surface area (Å²) in [7, 11) is -7.83. The van der Waals surface area contributed by atoms with Gasteiger partial charge in [-0.15, -0.1) is 46.4 Å². The minimum Gasteiger partial charge on any atom is -0.286 e. The summed E-state index contributed by atoms with van der Waals surface area (Å²) >= 11 is 29.3. The van der Waals surface area contributed by atoms with Gasteiger partial charge in [0.1, 0.15) is 0 Å². The Kier molecular flexibility index (Phi) is 21.0. The molecule has 0 atom stereocenters. The first-order valence-corrected chi connectivity index (χ1v) is 16.5. The van der Waals surface area contributed by atoms with Gasteiger partial charge in [-0.2, -0.15) is 0 Å². The van der Waals surface area contributed by atoms with E-state index in [0.29, 0.717) is 23.5 Å². The van der Waals surface area contributed by atoms with Crippen LogP contribution in [0, 0.1) is 5.41 Å². The van der Waals surface area contributed by atoms with E-state index in [2.05, 4.69) is 31.9 Å². The molecule has 0 bridgehead atoms. The molecule has 0 aliphatic rings. The van der Waals surface area contributed by atoms with Crippen molar-refractivity contribution in [2.24, 2.45) is 5.41 Å². The zero-order valence-electron chi connectivity index (χ0n) is 16.8. The third-order valence-electron chi connectivity index (χ3n) is 3.61. The molecule has 0 heterocycles. The monoisotopic (exact) mass is 696 g/mol. The number of rotatable bonds is 22. The lowest BCUT2D eigenvalue weighted by atomic mass is 9.84. The summed E-state index contributed by atoms with van der Waals surface area (Å²) in [5.74, 6) is 0.419. The lowest BCUT2D eigenvalue weighted by Gasteiger charge is -2.34. The van der Waals surface area contributed by atoms with E-state index in [1.165, 1.54) is 0 Å². The molecule has 0 aromatic heterocycles. The summed E-state index contributed by atoms with van der Waals surface area (Å²) in [5.41, 5.74) is -0.735. The lowest BCUT2D eigenvalue weighted by molar-refractivity contribution is 0.0220. The van der Waals surface area contributed by atoms with Crippen LogP contribution in [0.25, 0.3) is 0 Å². The molecular formula is C15H28Br2Cl4O8P2. The first kappa shape index (κ1) is 33.3. The summed E-state index contributed by atoms with van der Waals surface area (Å²) in [6.07, 6.45) is 1.04. The fourth-order valence-electron chi connectivity index (χ4n) is 2.10. The van der Waals surface area contributed by atoms with Crippen LogP contribution in [0.2, 0.25) is 0 Å². The second kappa shape index (κ2) is 19.5. The maximum absolute atomic E-state index is 12.9. The number of halogens is 6. The van der Waals surface area contributed by atoms with Crippen molar-refractivity contribution in [1.29, 1.82) is 0 Å². The highest BCUT2D eigenvalue weighted by molar-refractivity contribution is 9.09. The van der Waals surface area contributed by atoms with Crippen LogP contribution >= 0.6 is 93.9 Å². The molecule has 0 aromatic carbocycles. The minimum atomic E-state index is -3.92. The Morgan fingerprint density at radius 3 is 1.10 bits per heavy atom. The molecule has 0 radical (unpaired) electrons. The smallest absolute Gasteiger partial charge is 0.286 e. The predicted molar refractivity (Wildman–Crippen MR) is 133 cm³/mol. The van der Waals surface area contributed by atoms with Crippen molar-refractivity contribution in [1.82, 2.24) is 0 Å². The fourth-order valence-corrected chi connectivity index (χ4v) is 7.09. The normalized spacial score (nSPS) is 13.1. The van der Waals surface area contributed by atoms with Gasteiger partial charge in [0.15, 0.2) is 0 Å². The molecule has 16 heteroatoms. The maximum atomic E-state index is 12.9. The molecule has 31 heavy (non-hydrogen) atoms. The van der Waals surface area contributed by atoms with Gasteiger partial charge in [-0.1, -0.05) is 31.9 Å². The zero-order chi connectivity index (χ0) is 23.6. The molecule has 0 amide bonds. The summed E-state index contributed by atoms with van der Waals surface area (Å²) in [4.78, 5) is 0. The van der Waals surface area contributed by atoms with Gasteiger partial charge in [-0.25, -0.2) is 9.13 Å². The van der Waals surface area contributed by atoms with Gasteiger partial charge in [-0.3, -0.25) is 27.1 Å². The van der Waals surface area contributed by atoms with Crippen molar-refractivity contribution >= 4 is 93.9 Å². The largest absolute Gasteiger partial charge is 0.474 e. The Morgan fingerprint density at radius 1 is 0.581 bits per heavy atom. The van der Waals surface area contributed by atoms with Gasteiger partial charge >= 0.3 is 15.6 Å². The summed E-state index contributed by atoms with van der Waals surface area (Å²) in [5, 5.41) is 1.13. The molecule has 0 aliphatic heterocycles. The highest BCUT2D eigenvalue weighted by Crippen LogP contribution is 2.54. The topological polar surface area (TPSA) is 89.5 Å². The summed E-state index contributed by atoms with van der Waals surface area (Å²) in [6, 6.07) is 0. The minimum absolute atomic E-state index is 0.0325. The molecule has 0 saturated heterocycles. The third kappa shape index (κ3) is 15.1. The second-order valence-corrected chi connectivity index (χ2v) is 12.3. The van der Waals surface area contributed by atoms with Crippen LogP contribution in [0.1, 0.15) is 12.8 Å². The van der Waals surface area contributed by atoms with E-state index in [4.69, 9.17) is 73.5 Å². The first-order valence-electron chi connectivity index (χ1n) is 9.21.